The van der Waals surface area contributed by atoms with Gasteiger partial charge in [-0.1, -0.05) is 0 Å². The first-order valence-electron chi connectivity index (χ1n) is 2.35. The summed E-state index contributed by atoms with van der Waals surface area (Å²) in [6.07, 6.45) is 0. The molecule has 1 aromatic rings. The van der Waals surface area contributed by atoms with Crippen LogP contribution in [0.25, 0.3) is 0 Å². The number of carbonyl (C=O) groups is 1. The third-order valence-electron chi connectivity index (χ3n) is 0.938. The van der Waals surface area contributed by atoms with Gasteiger partial charge in [0.15, 0.2) is 0 Å². The second-order valence-electron chi connectivity index (χ2n) is 1.61. The molecule has 2 N–H and O–H groups in total. The highest BCUT2D eigenvalue weighted by Gasteiger charge is 2.05. The van der Waals surface area contributed by atoms with Gasteiger partial charge < -0.3 is 5.73 Å². The van der Waals surface area contributed by atoms with Gasteiger partial charge in [0.2, 0.25) is 0 Å². The molecule has 0 aromatic carbocycles. The van der Waals surface area contributed by atoms with Crippen molar-refractivity contribution in [2.75, 3.05) is 0 Å². The van der Waals surface area contributed by atoms with Crippen LogP contribution in [0, 0.1) is 12.3 Å². The van der Waals surface area contributed by atoms with E-state index in [0.29, 0.717) is 11.3 Å². The minimum atomic E-state index is -0.457. The lowest BCUT2D eigenvalue weighted by molar-refractivity contribution is 0.0999. The van der Waals surface area contributed by atoms with Crippen molar-refractivity contribution in [2.24, 2.45) is 5.73 Å². The maximum Gasteiger partial charge on any atom is 0.252 e. The summed E-state index contributed by atoms with van der Waals surface area (Å²) < 4.78 is 3.82. The van der Waals surface area contributed by atoms with E-state index < -0.39 is 5.91 Å². The minimum Gasteiger partial charge on any atom is -0.365 e. The molecule has 0 atom stereocenters. The average Bonchev–Trinajstić information content (AvgIpc) is 2.13. The average molecular weight is 141 g/mol. The van der Waals surface area contributed by atoms with E-state index in [9.17, 15) is 4.79 Å². The van der Waals surface area contributed by atoms with Gasteiger partial charge in [-0.25, -0.2) is 0 Å². The lowest BCUT2D eigenvalue weighted by Gasteiger charge is -1.85. The Labute approximate surface area is 56.7 Å². The lowest BCUT2D eigenvalue weighted by Crippen LogP contribution is -2.11. The van der Waals surface area contributed by atoms with Crippen LogP contribution < -0.4 is 5.73 Å². The third-order valence-corrected chi connectivity index (χ3v) is 1.60. The number of hydrogen-bond donors (Lipinski definition) is 1. The SMILES string of the molecule is Cc1ns[c]c1C(N)=O. The summed E-state index contributed by atoms with van der Waals surface area (Å²) in [5.41, 5.74) is 6.02. The van der Waals surface area contributed by atoms with Crippen molar-refractivity contribution in [2.45, 2.75) is 6.92 Å². The summed E-state index contributed by atoms with van der Waals surface area (Å²) in [5.74, 6) is -0.457. The van der Waals surface area contributed by atoms with Crippen molar-refractivity contribution in [3.8, 4) is 0 Å². The molecule has 0 aliphatic heterocycles. The first-order chi connectivity index (χ1) is 4.22. The third kappa shape index (κ3) is 1.08. The highest BCUT2D eigenvalue weighted by Crippen LogP contribution is 2.05. The number of carbonyl (C=O) groups excluding carboxylic acids is 1. The number of hydrogen-bond acceptors (Lipinski definition) is 3. The summed E-state index contributed by atoms with van der Waals surface area (Å²) in [6, 6.07) is 0. The summed E-state index contributed by atoms with van der Waals surface area (Å²) in [4.78, 5) is 10.4. The van der Waals surface area contributed by atoms with E-state index >= 15 is 0 Å². The normalized spacial score (nSPS) is 9.44. The molecule has 4 heteroatoms. The van der Waals surface area contributed by atoms with Gasteiger partial charge in [0.05, 0.1) is 16.6 Å². The van der Waals surface area contributed by atoms with Crippen LogP contribution in [0.4, 0.5) is 0 Å². The number of aryl methyl sites for hydroxylation is 1. The molecule has 0 unspecified atom stereocenters. The molecule has 1 aromatic heterocycles. The largest absolute Gasteiger partial charge is 0.365 e. The Morgan fingerprint density at radius 1 is 1.89 bits per heavy atom. The fourth-order valence-corrected chi connectivity index (χ4v) is 1.10. The Balaban J connectivity index is 3.08. The highest BCUT2D eigenvalue weighted by molar-refractivity contribution is 7.03. The van der Waals surface area contributed by atoms with Crippen LogP contribution in [0.15, 0.2) is 0 Å². The Morgan fingerprint density at radius 3 is 2.78 bits per heavy atom. The lowest BCUT2D eigenvalue weighted by atomic mass is 10.3. The zero-order valence-corrected chi connectivity index (χ0v) is 5.66. The fraction of sp³-hybridized carbons (Fsp3) is 0.200. The minimum absolute atomic E-state index is 0.403. The molecule has 0 spiro atoms. The maximum absolute atomic E-state index is 10.4. The molecule has 1 rings (SSSR count). The molecule has 1 radical (unpaired) electrons. The van der Waals surface area contributed by atoms with E-state index in [-0.39, 0.29) is 0 Å². The molecule has 3 nitrogen and oxygen atoms in total. The van der Waals surface area contributed by atoms with Gasteiger partial charge >= 0.3 is 0 Å². The van der Waals surface area contributed by atoms with E-state index in [2.05, 4.69) is 9.75 Å². The molecular formula is C5H5N2OS. The molecule has 1 heterocycles. The highest BCUT2D eigenvalue weighted by atomic mass is 32.1. The summed E-state index contributed by atoms with van der Waals surface area (Å²) in [5, 5.41) is 2.66. The molecule has 0 aliphatic carbocycles. The van der Waals surface area contributed by atoms with Crippen molar-refractivity contribution < 1.29 is 4.79 Å². The van der Waals surface area contributed by atoms with Crippen molar-refractivity contribution in [1.82, 2.24) is 4.37 Å². The van der Waals surface area contributed by atoms with Gasteiger partial charge in [0.25, 0.3) is 5.91 Å². The van der Waals surface area contributed by atoms with E-state index in [1.807, 2.05) is 0 Å². The standard InChI is InChI=1S/C5H5N2OS/c1-3-4(5(6)8)2-9-7-3/h1H3,(H2,6,8). The van der Waals surface area contributed by atoms with Crippen LogP contribution in [0.3, 0.4) is 0 Å². The zero-order chi connectivity index (χ0) is 6.85. The molecule has 47 valence electrons. The van der Waals surface area contributed by atoms with Gasteiger partial charge in [-0.3, -0.25) is 4.79 Å². The predicted octanol–water partition coefficient (Wildman–Crippen LogP) is 0.351. The summed E-state index contributed by atoms with van der Waals surface area (Å²) in [7, 11) is 0. The summed E-state index contributed by atoms with van der Waals surface area (Å²) >= 11 is 1.12. The summed E-state index contributed by atoms with van der Waals surface area (Å²) in [6.45, 7) is 1.73. The molecule has 9 heavy (non-hydrogen) atoms. The molecule has 0 fully saturated rings. The molecule has 0 aliphatic rings. The van der Waals surface area contributed by atoms with Crippen LogP contribution in [-0.2, 0) is 0 Å². The van der Waals surface area contributed by atoms with E-state index in [0.717, 1.165) is 11.5 Å². The van der Waals surface area contributed by atoms with Crippen LogP contribution in [0.1, 0.15) is 16.1 Å². The van der Waals surface area contributed by atoms with E-state index in [4.69, 9.17) is 5.73 Å². The number of primary amides is 1. The van der Waals surface area contributed by atoms with Crippen LogP contribution in [0.5, 0.6) is 0 Å². The van der Waals surface area contributed by atoms with Crippen LogP contribution in [0.2, 0.25) is 0 Å². The van der Waals surface area contributed by atoms with Crippen LogP contribution in [-0.4, -0.2) is 10.3 Å². The quantitative estimate of drug-likeness (QED) is 0.613. The van der Waals surface area contributed by atoms with E-state index in [1.54, 1.807) is 6.92 Å². The van der Waals surface area contributed by atoms with Gasteiger partial charge in [0, 0.05) is 0 Å². The topological polar surface area (TPSA) is 56.0 Å². The fourth-order valence-electron chi connectivity index (χ4n) is 0.485. The van der Waals surface area contributed by atoms with Gasteiger partial charge in [-0.05, 0) is 18.5 Å². The monoisotopic (exact) mass is 141 g/mol. The van der Waals surface area contributed by atoms with Gasteiger partial charge in [-0.15, -0.1) is 0 Å². The van der Waals surface area contributed by atoms with Crippen LogP contribution >= 0.6 is 11.5 Å². The molecule has 0 bridgehead atoms. The number of aromatic nitrogens is 1. The molecule has 1 amide bonds. The Hall–Kier alpha value is -0.900. The molecule has 0 saturated heterocycles. The van der Waals surface area contributed by atoms with Gasteiger partial charge in [-0.2, -0.15) is 4.37 Å². The molecular weight excluding hydrogens is 136 g/mol. The second kappa shape index (κ2) is 2.14. The Bertz CT molecular complexity index is 231. The first kappa shape index (κ1) is 6.22. The van der Waals surface area contributed by atoms with E-state index in [1.165, 1.54) is 0 Å². The number of rotatable bonds is 1. The number of nitrogens with two attached hydrogens (primary N) is 1. The van der Waals surface area contributed by atoms with Crippen molar-refractivity contribution >= 4 is 17.4 Å². The smallest absolute Gasteiger partial charge is 0.252 e. The van der Waals surface area contributed by atoms with Crippen molar-refractivity contribution in [1.29, 1.82) is 0 Å². The van der Waals surface area contributed by atoms with Gasteiger partial charge in [0.1, 0.15) is 0 Å². The van der Waals surface area contributed by atoms with Crippen molar-refractivity contribution in [3.05, 3.63) is 16.6 Å². The zero-order valence-electron chi connectivity index (χ0n) is 4.84. The first-order valence-corrected chi connectivity index (χ1v) is 3.13. The Morgan fingerprint density at radius 2 is 2.56 bits per heavy atom. The predicted molar refractivity (Wildman–Crippen MR) is 34.2 cm³/mol. The Kier molecular flexibility index (Phi) is 1.48. The van der Waals surface area contributed by atoms with Crippen molar-refractivity contribution in [3.63, 3.8) is 0 Å². The maximum atomic E-state index is 10.4. The number of nitrogens with zero attached hydrogens (tertiary/aromatic N) is 1. The number of amides is 1. The second-order valence-corrected chi connectivity index (χ2v) is 2.18. The molecule has 0 saturated carbocycles.